The first-order valence-electron chi connectivity index (χ1n) is 5.01. The van der Waals surface area contributed by atoms with Gasteiger partial charge in [0, 0.05) is 7.05 Å². The fraction of sp³-hybridized carbons (Fsp3) is 0.364. The maximum atomic E-state index is 9.77. The van der Waals surface area contributed by atoms with E-state index < -0.39 is 6.10 Å². The highest BCUT2D eigenvalue weighted by molar-refractivity contribution is 5.76. The van der Waals surface area contributed by atoms with Crippen molar-refractivity contribution in [2.24, 2.45) is 12.8 Å². The Balaban J connectivity index is 2.38. The number of rotatable bonds is 3. The number of hydrogen-bond donors (Lipinski definition) is 2. The number of aliphatic hydroxyl groups is 1. The minimum absolute atomic E-state index is 0.485. The number of nitrogens with two attached hydrogens (primary N) is 1. The molecule has 80 valence electrons. The highest BCUT2D eigenvalue weighted by atomic mass is 16.3. The summed E-state index contributed by atoms with van der Waals surface area (Å²) in [6.45, 7) is 0.488. The molecule has 0 saturated heterocycles. The van der Waals surface area contributed by atoms with Crippen molar-refractivity contribution in [3.8, 4) is 0 Å². The Labute approximate surface area is 88.3 Å². The van der Waals surface area contributed by atoms with Crippen LogP contribution < -0.4 is 5.73 Å². The van der Waals surface area contributed by atoms with Gasteiger partial charge in [0.1, 0.15) is 0 Å². The highest BCUT2D eigenvalue weighted by Gasteiger charge is 2.08. The Bertz CT molecular complexity index is 464. The minimum Gasteiger partial charge on any atom is -0.388 e. The highest BCUT2D eigenvalue weighted by Crippen LogP contribution is 2.20. The summed E-state index contributed by atoms with van der Waals surface area (Å²) >= 11 is 0. The Morgan fingerprint density at radius 2 is 2.33 bits per heavy atom. The van der Waals surface area contributed by atoms with E-state index in [1.165, 1.54) is 0 Å². The minimum atomic E-state index is -0.485. The van der Waals surface area contributed by atoms with E-state index in [2.05, 4.69) is 4.98 Å². The van der Waals surface area contributed by atoms with Crippen LogP contribution in [-0.4, -0.2) is 21.2 Å². The molecule has 1 aromatic carbocycles. The van der Waals surface area contributed by atoms with Crippen molar-refractivity contribution in [3.63, 3.8) is 0 Å². The van der Waals surface area contributed by atoms with E-state index in [0.29, 0.717) is 13.0 Å². The van der Waals surface area contributed by atoms with E-state index in [0.717, 1.165) is 16.6 Å². The summed E-state index contributed by atoms with van der Waals surface area (Å²) in [7, 11) is 1.95. The molecule has 0 spiro atoms. The van der Waals surface area contributed by atoms with Gasteiger partial charge >= 0.3 is 0 Å². The van der Waals surface area contributed by atoms with Crippen LogP contribution in [0.5, 0.6) is 0 Å². The van der Waals surface area contributed by atoms with Gasteiger partial charge in [0.05, 0.1) is 23.5 Å². The molecule has 0 bridgehead atoms. The normalized spacial score (nSPS) is 13.3. The number of nitrogens with zero attached hydrogens (tertiary/aromatic N) is 2. The first-order chi connectivity index (χ1) is 7.22. The van der Waals surface area contributed by atoms with Gasteiger partial charge in [-0.3, -0.25) is 0 Å². The first-order valence-corrected chi connectivity index (χ1v) is 5.01. The van der Waals surface area contributed by atoms with Crippen LogP contribution >= 0.6 is 0 Å². The second-order valence-corrected chi connectivity index (χ2v) is 3.70. The molecule has 0 saturated carbocycles. The first kappa shape index (κ1) is 10.1. The van der Waals surface area contributed by atoms with Crippen molar-refractivity contribution in [2.75, 3.05) is 6.54 Å². The van der Waals surface area contributed by atoms with E-state index in [-0.39, 0.29) is 0 Å². The fourth-order valence-electron chi connectivity index (χ4n) is 1.68. The lowest BCUT2D eigenvalue weighted by atomic mass is 10.1. The molecule has 2 aromatic rings. The smallest absolute Gasteiger partial charge is 0.0955 e. The summed E-state index contributed by atoms with van der Waals surface area (Å²) < 4.78 is 1.95. The van der Waals surface area contributed by atoms with Crippen molar-refractivity contribution in [3.05, 3.63) is 30.1 Å². The van der Waals surface area contributed by atoms with Crippen molar-refractivity contribution in [1.82, 2.24) is 9.55 Å². The van der Waals surface area contributed by atoms with Gasteiger partial charge in [-0.15, -0.1) is 0 Å². The average molecular weight is 205 g/mol. The number of aromatic nitrogens is 2. The summed E-state index contributed by atoms with van der Waals surface area (Å²) in [4.78, 5) is 4.24. The molecule has 0 fully saturated rings. The van der Waals surface area contributed by atoms with Crippen LogP contribution in [-0.2, 0) is 7.05 Å². The third-order valence-corrected chi connectivity index (χ3v) is 2.57. The van der Waals surface area contributed by atoms with Gasteiger partial charge in [-0.25, -0.2) is 4.98 Å². The molecule has 0 aliphatic carbocycles. The third-order valence-electron chi connectivity index (χ3n) is 2.57. The maximum absolute atomic E-state index is 9.77. The summed E-state index contributed by atoms with van der Waals surface area (Å²) in [6.07, 6.45) is 1.86. The van der Waals surface area contributed by atoms with E-state index in [1.54, 1.807) is 6.33 Å². The topological polar surface area (TPSA) is 64.1 Å². The number of aliphatic hydroxyl groups excluding tert-OH is 1. The standard InChI is InChI=1S/C11H15N3O/c1-14-7-13-9-6-8(2-3-10(9)14)11(15)4-5-12/h2-3,6-7,11,15H,4-5,12H2,1H3. The molecule has 2 rings (SSSR count). The quantitative estimate of drug-likeness (QED) is 0.784. The van der Waals surface area contributed by atoms with Crippen LogP contribution in [0.15, 0.2) is 24.5 Å². The SMILES string of the molecule is Cn1cnc2cc(C(O)CCN)ccc21. The fourth-order valence-corrected chi connectivity index (χ4v) is 1.68. The van der Waals surface area contributed by atoms with Crippen molar-refractivity contribution >= 4 is 11.0 Å². The van der Waals surface area contributed by atoms with Crippen LogP contribution in [0.3, 0.4) is 0 Å². The molecule has 0 radical (unpaired) electrons. The molecule has 3 N–H and O–H groups in total. The molecule has 1 unspecified atom stereocenters. The van der Waals surface area contributed by atoms with Crippen LogP contribution in [0, 0.1) is 0 Å². The number of benzene rings is 1. The molecule has 15 heavy (non-hydrogen) atoms. The van der Waals surface area contributed by atoms with Crippen molar-refractivity contribution in [1.29, 1.82) is 0 Å². The second kappa shape index (κ2) is 4.00. The van der Waals surface area contributed by atoms with Crippen LogP contribution in [0.2, 0.25) is 0 Å². The van der Waals surface area contributed by atoms with Gasteiger partial charge in [0.15, 0.2) is 0 Å². The van der Waals surface area contributed by atoms with E-state index in [1.807, 2.05) is 29.8 Å². The summed E-state index contributed by atoms with van der Waals surface area (Å²) in [5.74, 6) is 0. The zero-order valence-electron chi connectivity index (χ0n) is 8.72. The van der Waals surface area contributed by atoms with Gasteiger partial charge in [-0.2, -0.15) is 0 Å². The molecule has 4 nitrogen and oxygen atoms in total. The Hall–Kier alpha value is -1.39. The monoisotopic (exact) mass is 205 g/mol. The number of imidazole rings is 1. The van der Waals surface area contributed by atoms with Crippen LogP contribution in [0.1, 0.15) is 18.1 Å². The lowest BCUT2D eigenvalue weighted by molar-refractivity contribution is 0.170. The third kappa shape index (κ3) is 1.86. The summed E-state index contributed by atoms with van der Waals surface area (Å²) in [5.41, 5.74) is 8.26. The molecule has 4 heteroatoms. The Morgan fingerprint density at radius 3 is 3.07 bits per heavy atom. The van der Waals surface area contributed by atoms with Crippen LogP contribution in [0.4, 0.5) is 0 Å². The number of aryl methyl sites for hydroxylation is 1. The molecule has 0 aliphatic heterocycles. The molecular weight excluding hydrogens is 190 g/mol. The molecule has 0 amide bonds. The maximum Gasteiger partial charge on any atom is 0.0955 e. The molecule has 1 heterocycles. The van der Waals surface area contributed by atoms with Gasteiger partial charge in [-0.1, -0.05) is 6.07 Å². The molecule has 0 aliphatic rings. The Morgan fingerprint density at radius 1 is 1.53 bits per heavy atom. The predicted octanol–water partition coefficient (Wildman–Crippen LogP) is 0.956. The van der Waals surface area contributed by atoms with E-state index in [4.69, 9.17) is 5.73 Å². The predicted molar refractivity (Wildman–Crippen MR) is 59.3 cm³/mol. The van der Waals surface area contributed by atoms with Crippen LogP contribution in [0.25, 0.3) is 11.0 Å². The molecular formula is C11H15N3O. The van der Waals surface area contributed by atoms with Crippen molar-refractivity contribution in [2.45, 2.75) is 12.5 Å². The lowest BCUT2D eigenvalue weighted by Gasteiger charge is -2.09. The lowest BCUT2D eigenvalue weighted by Crippen LogP contribution is -2.06. The number of fused-ring (bicyclic) bond motifs is 1. The number of hydrogen-bond acceptors (Lipinski definition) is 3. The summed E-state index contributed by atoms with van der Waals surface area (Å²) in [5, 5.41) is 9.77. The summed E-state index contributed by atoms with van der Waals surface area (Å²) in [6, 6.07) is 5.80. The Kier molecular flexibility index (Phi) is 2.70. The molecule has 1 atom stereocenters. The van der Waals surface area contributed by atoms with Gasteiger partial charge in [-0.05, 0) is 30.7 Å². The largest absolute Gasteiger partial charge is 0.388 e. The van der Waals surface area contributed by atoms with Gasteiger partial charge in [0.2, 0.25) is 0 Å². The van der Waals surface area contributed by atoms with E-state index >= 15 is 0 Å². The average Bonchev–Trinajstić information content (AvgIpc) is 2.60. The zero-order chi connectivity index (χ0) is 10.8. The van der Waals surface area contributed by atoms with Gasteiger partial charge < -0.3 is 15.4 Å². The zero-order valence-corrected chi connectivity index (χ0v) is 8.72. The second-order valence-electron chi connectivity index (χ2n) is 3.70. The molecule has 1 aromatic heterocycles. The van der Waals surface area contributed by atoms with Crippen molar-refractivity contribution < 1.29 is 5.11 Å². The van der Waals surface area contributed by atoms with Gasteiger partial charge in [0.25, 0.3) is 0 Å². The van der Waals surface area contributed by atoms with E-state index in [9.17, 15) is 5.11 Å².